The van der Waals surface area contributed by atoms with Gasteiger partial charge in [-0.1, -0.05) is 29.8 Å². The van der Waals surface area contributed by atoms with Crippen molar-refractivity contribution in [1.82, 2.24) is 10.3 Å². The zero-order valence-corrected chi connectivity index (χ0v) is 22.1. The standard InChI is InChI=1S/C27H28ClN2O6P/c1-16-3-5-20(17(2)13-16)25(23-7-8-24(28)36-23)30-26(31)27(10-11-27)19-4-6-22-21(14-19)18(15-29-22)9-12-35-37(32,33)34/h3-8,13-15,25,29H,9-12H2,1-2H3,(H,30,31)(H2,32,33,34). The van der Waals surface area contributed by atoms with Crippen LogP contribution in [0.3, 0.4) is 0 Å². The van der Waals surface area contributed by atoms with Gasteiger partial charge in [-0.25, -0.2) is 4.57 Å². The summed E-state index contributed by atoms with van der Waals surface area (Å²) < 4.78 is 21.4. The average Bonchev–Trinajstić information content (AvgIpc) is 3.39. The highest BCUT2D eigenvalue weighted by molar-refractivity contribution is 7.46. The fraction of sp³-hybridized carbons (Fsp3) is 0.296. The predicted molar refractivity (Wildman–Crippen MR) is 141 cm³/mol. The Bertz CT molecular complexity index is 1520. The van der Waals surface area contributed by atoms with Gasteiger partial charge >= 0.3 is 7.82 Å². The molecule has 1 unspecified atom stereocenters. The van der Waals surface area contributed by atoms with Crippen molar-refractivity contribution in [2.45, 2.75) is 44.6 Å². The summed E-state index contributed by atoms with van der Waals surface area (Å²) in [5, 5.41) is 4.38. The first-order chi connectivity index (χ1) is 17.6. The number of amides is 1. The Morgan fingerprint density at radius 1 is 1.19 bits per heavy atom. The van der Waals surface area contributed by atoms with Crippen LogP contribution in [0.1, 0.15) is 52.5 Å². The first kappa shape index (κ1) is 25.8. The van der Waals surface area contributed by atoms with E-state index >= 15 is 0 Å². The second-order valence-electron chi connectivity index (χ2n) is 9.64. The summed E-state index contributed by atoms with van der Waals surface area (Å²) >= 11 is 6.08. The minimum absolute atomic E-state index is 0.0914. The summed E-state index contributed by atoms with van der Waals surface area (Å²) in [6, 6.07) is 14.9. The highest BCUT2D eigenvalue weighted by atomic mass is 35.5. The predicted octanol–water partition coefficient (Wildman–Crippen LogP) is 5.62. The van der Waals surface area contributed by atoms with Crippen LogP contribution in [0.4, 0.5) is 0 Å². The number of carbonyl (C=O) groups excluding carboxylic acids is 1. The molecule has 4 aromatic rings. The number of phosphoric ester groups is 1. The largest absolute Gasteiger partial charge is 0.469 e. The normalized spacial score (nSPS) is 15.6. The van der Waals surface area contributed by atoms with Crippen LogP contribution in [0.25, 0.3) is 10.9 Å². The highest BCUT2D eigenvalue weighted by Crippen LogP contribution is 2.50. The van der Waals surface area contributed by atoms with Crippen LogP contribution in [0.15, 0.2) is 59.1 Å². The molecule has 194 valence electrons. The molecular formula is C27H28ClN2O6P. The van der Waals surface area contributed by atoms with Gasteiger partial charge < -0.3 is 24.5 Å². The number of hydrogen-bond donors (Lipinski definition) is 4. The molecule has 37 heavy (non-hydrogen) atoms. The van der Waals surface area contributed by atoms with E-state index in [2.05, 4.69) is 20.9 Å². The summed E-state index contributed by atoms with van der Waals surface area (Å²) in [5.41, 5.74) is 5.07. The molecule has 0 radical (unpaired) electrons. The van der Waals surface area contributed by atoms with Crippen molar-refractivity contribution in [2.75, 3.05) is 6.61 Å². The Morgan fingerprint density at radius 2 is 1.97 bits per heavy atom. The molecule has 10 heteroatoms. The lowest BCUT2D eigenvalue weighted by Gasteiger charge is -2.23. The summed E-state index contributed by atoms with van der Waals surface area (Å²) in [6.07, 6.45) is 3.55. The number of furan rings is 1. The quantitative estimate of drug-likeness (QED) is 0.203. The zero-order valence-electron chi connectivity index (χ0n) is 20.5. The first-order valence-corrected chi connectivity index (χ1v) is 13.9. The number of fused-ring (bicyclic) bond motifs is 1. The third kappa shape index (κ3) is 5.40. The molecule has 2 aromatic heterocycles. The van der Waals surface area contributed by atoms with Gasteiger partial charge in [-0.15, -0.1) is 0 Å². The molecule has 0 aliphatic heterocycles. The van der Waals surface area contributed by atoms with Gasteiger partial charge in [0.15, 0.2) is 5.22 Å². The number of rotatable bonds is 9. The first-order valence-electron chi connectivity index (χ1n) is 12.0. The van der Waals surface area contributed by atoms with Gasteiger partial charge in [0.1, 0.15) is 11.8 Å². The smallest absolute Gasteiger partial charge is 0.447 e. The molecule has 0 spiro atoms. The summed E-state index contributed by atoms with van der Waals surface area (Å²) in [5.74, 6) is 0.473. The summed E-state index contributed by atoms with van der Waals surface area (Å²) in [7, 11) is -4.53. The van der Waals surface area contributed by atoms with Gasteiger partial charge in [0.2, 0.25) is 5.91 Å². The Balaban J connectivity index is 1.43. The number of halogens is 1. The van der Waals surface area contributed by atoms with Crippen LogP contribution in [-0.4, -0.2) is 27.3 Å². The van der Waals surface area contributed by atoms with Crippen molar-refractivity contribution in [3.8, 4) is 0 Å². The van der Waals surface area contributed by atoms with E-state index in [0.29, 0.717) is 25.0 Å². The van der Waals surface area contributed by atoms with E-state index in [1.54, 1.807) is 18.3 Å². The summed E-state index contributed by atoms with van der Waals surface area (Å²) in [4.78, 5) is 34.9. The Morgan fingerprint density at radius 3 is 2.62 bits per heavy atom. The monoisotopic (exact) mass is 542 g/mol. The minimum Gasteiger partial charge on any atom is -0.447 e. The fourth-order valence-corrected chi connectivity index (χ4v) is 5.41. The molecule has 1 saturated carbocycles. The zero-order chi connectivity index (χ0) is 26.4. The lowest BCUT2D eigenvalue weighted by molar-refractivity contribution is -0.124. The van der Waals surface area contributed by atoms with Crippen LogP contribution < -0.4 is 5.32 Å². The molecule has 8 nitrogen and oxygen atoms in total. The van der Waals surface area contributed by atoms with Gasteiger partial charge in [-0.05, 0) is 91.2 Å². The number of carbonyl (C=O) groups is 1. The van der Waals surface area contributed by atoms with E-state index in [9.17, 15) is 9.36 Å². The van der Waals surface area contributed by atoms with Crippen molar-refractivity contribution >= 4 is 36.2 Å². The molecule has 1 amide bonds. The molecule has 4 N–H and O–H groups in total. The number of aromatic amines is 1. The third-order valence-corrected chi connectivity index (χ3v) is 7.75. The number of hydrogen-bond acceptors (Lipinski definition) is 4. The molecule has 0 saturated heterocycles. The molecule has 1 atom stereocenters. The molecule has 5 rings (SSSR count). The van der Waals surface area contributed by atoms with E-state index in [0.717, 1.165) is 38.7 Å². The fourth-order valence-electron chi connectivity index (χ4n) is 4.93. The van der Waals surface area contributed by atoms with Crippen molar-refractivity contribution < 1.29 is 28.1 Å². The van der Waals surface area contributed by atoms with Crippen LogP contribution in [0, 0.1) is 13.8 Å². The van der Waals surface area contributed by atoms with Gasteiger partial charge in [0.25, 0.3) is 0 Å². The molecule has 2 aromatic carbocycles. The number of phosphoric acid groups is 1. The van der Waals surface area contributed by atoms with Gasteiger partial charge in [-0.3, -0.25) is 9.32 Å². The van der Waals surface area contributed by atoms with E-state index in [1.807, 2.05) is 44.2 Å². The Labute approximate surface area is 219 Å². The Hall–Kier alpha value is -2.87. The number of H-pyrrole nitrogens is 1. The molecule has 1 fully saturated rings. The number of benzene rings is 2. The SMILES string of the molecule is Cc1ccc(C(NC(=O)C2(c3ccc4[nH]cc(CCOP(=O)(O)O)c4c3)CC2)c2ccc(Cl)o2)c(C)c1. The molecule has 2 heterocycles. The molecule has 1 aliphatic carbocycles. The van der Waals surface area contributed by atoms with Gasteiger partial charge in [0, 0.05) is 17.1 Å². The van der Waals surface area contributed by atoms with Crippen molar-refractivity contribution in [3.63, 3.8) is 0 Å². The van der Waals surface area contributed by atoms with Crippen LogP contribution in [0.5, 0.6) is 0 Å². The van der Waals surface area contributed by atoms with Crippen LogP contribution in [-0.2, 0) is 25.7 Å². The molecule has 0 bridgehead atoms. The van der Waals surface area contributed by atoms with Crippen molar-refractivity contribution in [3.05, 3.63) is 93.5 Å². The van der Waals surface area contributed by atoms with Gasteiger partial charge in [0.05, 0.1) is 12.0 Å². The third-order valence-electron chi connectivity index (χ3n) is 7.03. The lowest BCUT2D eigenvalue weighted by atomic mass is 9.91. The number of nitrogens with one attached hydrogen (secondary N) is 2. The number of aryl methyl sites for hydroxylation is 2. The molecular weight excluding hydrogens is 515 g/mol. The van der Waals surface area contributed by atoms with Crippen LogP contribution in [0.2, 0.25) is 5.22 Å². The second kappa shape index (κ2) is 9.78. The number of aromatic nitrogens is 1. The van der Waals surface area contributed by atoms with E-state index in [1.165, 1.54) is 0 Å². The molecule has 1 aliphatic rings. The maximum Gasteiger partial charge on any atom is 0.469 e. The maximum absolute atomic E-state index is 13.8. The van der Waals surface area contributed by atoms with Gasteiger partial charge in [-0.2, -0.15) is 0 Å². The Kier molecular flexibility index (Phi) is 6.81. The lowest BCUT2D eigenvalue weighted by Crippen LogP contribution is -2.38. The van der Waals surface area contributed by atoms with Crippen LogP contribution >= 0.6 is 19.4 Å². The van der Waals surface area contributed by atoms with Crippen molar-refractivity contribution in [2.24, 2.45) is 0 Å². The summed E-state index contributed by atoms with van der Waals surface area (Å²) in [6.45, 7) is 3.92. The average molecular weight is 543 g/mol. The highest BCUT2D eigenvalue weighted by Gasteiger charge is 2.52. The van der Waals surface area contributed by atoms with E-state index in [4.69, 9.17) is 25.8 Å². The minimum atomic E-state index is -4.53. The maximum atomic E-state index is 13.8. The van der Waals surface area contributed by atoms with E-state index in [-0.39, 0.29) is 17.7 Å². The topological polar surface area (TPSA) is 125 Å². The van der Waals surface area contributed by atoms with Crippen molar-refractivity contribution in [1.29, 1.82) is 0 Å². The van der Waals surface area contributed by atoms with E-state index < -0.39 is 19.3 Å². The second-order valence-corrected chi connectivity index (χ2v) is 11.3.